The molecule has 1 unspecified atom stereocenters. The van der Waals surface area contributed by atoms with Crippen LogP contribution >= 0.6 is 0 Å². The largest absolute Gasteiger partial charge is 0.337 e. The molecule has 0 aliphatic carbocycles. The van der Waals surface area contributed by atoms with Crippen molar-refractivity contribution in [3.8, 4) is 0 Å². The van der Waals surface area contributed by atoms with Gasteiger partial charge in [0.05, 0.1) is 6.04 Å². The van der Waals surface area contributed by atoms with E-state index in [9.17, 15) is 4.79 Å². The van der Waals surface area contributed by atoms with Crippen LogP contribution in [0.4, 0.5) is 0 Å². The van der Waals surface area contributed by atoms with Crippen LogP contribution in [0.5, 0.6) is 0 Å². The Hall–Kier alpha value is -1.35. The van der Waals surface area contributed by atoms with E-state index in [-0.39, 0.29) is 11.9 Å². The first-order valence-corrected chi connectivity index (χ1v) is 6.27. The van der Waals surface area contributed by atoms with Gasteiger partial charge in [-0.15, -0.1) is 0 Å². The van der Waals surface area contributed by atoms with Crippen molar-refractivity contribution < 1.29 is 4.79 Å². The second kappa shape index (κ2) is 7.07. The van der Waals surface area contributed by atoms with Crippen LogP contribution in [0.1, 0.15) is 32.3 Å². The van der Waals surface area contributed by atoms with E-state index >= 15 is 0 Å². The number of hydrogen-bond acceptors (Lipinski definition) is 2. The lowest BCUT2D eigenvalue weighted by atomic mass is 10.1. The minimum absolute atomic E-state index is 0.0539. The van der Waals surface area contributed by atoms with Crippen LogP contribution in [0.2, 0.25) is 0 Å². The first kappa shape index (κ1) is 13.7. The Labute approximate surface area is 104 Å². The molecule has 1 amide bonds. The van der Waals surface area contributed by atoms with E-state index in [1.807, 2.05) is 49.1 Å². The molecule has 3 nitrogen and oxygen atoms in total. The fraction of sp³-hybridized carbons (Fsp3) is 0.500. The van der Waals surface area contributed by atoms with Crippen LogP contribution in [-0.4, -0.2) is 23.4 Å². The Balaban J connectivity index is 2.62. The molecule has 0 spiro atoms. The number of hydrogen-bond donors (Lipinski definition) is 1. The van der Waals surface area contributed by atoms with Crippen LogP contribution in [0.15, 0.2) is 30.3 Å². The SMILES string of the molecule is CCCC(N)C(=O)N(CC)Cc1ccccc1. The molecular formula is C14H22N2O. The number of rotatable bonds is 6. The smallest absolute Gasteiger partial charge is 0.239 e. The second-order valence-electron chi connectivity index (χ2n) is 4.23. The van der Waals surface area contributed by atoms with Gasteiger partial charge in [0.1, 0.15) is 0 Å². The van der Waals surface area contributed by atoms with E-state index in [0.29, 0.717) is 13.1 Å². The molecule has 0 saturated carbocycles. The van der Waals surface area contributed by atoms with Gasteiger partial charge in [-0.05, 0) is 18.9 Å². The summed E-state index contributed by atoms with van der Waals surface area (Å²) in [5.74, 6) is 0.0539. The summed E-state index contributed by atoms with van der Waals surface area (Å²) in [4.78, 5) is 13.9. The minimum atomic E-state index is -0.358. The molecule has 17 heavy (non-hydrogen) atoms. The molecule has 2 N–H and O–H groups in total. The summed E-state index contributed by atoms with van der Waals surface area (Å²) in [5.41, 5.74) is 7.01. The summed E-state index contributed by atoms with van der Waals surface area (Å²) >= 11 is 0. The predicted molar refractivity (Wildman–Crippen MR) is 70.4 cm³/mol. The highest BCUT2D eigenvalue weighted by Gasteiger charge is 2.18. The van der Waals surface area contributed by atoms with Crippen LogP contribution < -0.4 is 5.73 Å². The van der Waals surface area contributed by atoms with E-state index in [4.69, 9.17) is 5.73 Å². The Bertz CT molecular complexity index is 337. The highest BCUT2D eigenvalue weighted by Crippen LogP contribution is 2.07. The third kappa shape index (κ3) is 4.19. The lowest BCUT2D eigenvalue weighted by Gasteiger charge is -2.24. The van der Waals surface area contributed by atoms with E-state index in [1.54, 1.807) is 0 Å². The molecule has 0 aliphatic heterocycles. The molecule has 1 aromatic carbocycles. The van der Waals surface area contributed by atoms with Crippen molar-refractivity contribution in [2.45, 2.75) is 39.3 Å². The molecule has 0 saturated heterocycles. The molecule has 1 aromatic rings. The number of likely N-dealkylation sites (N-methyl/N-ethyl adjacent to an activating group) is 1. The summed E-state index contributed by atoms with van der Waals surface area (Å²) in [5, 5.41) is 0. The highest BCUT2D eigenvalue weighted by atomic mass is 16.2. The summed E-state index contributed by atoms with van der Waals surface area (Å²) in [7, 11) is 0. The minimum Gasteiger partial charge on any atom is -0.337 e. The van der Waals surface area contributed by atoms with Gasteiger partial charge in [-0.25, -0.2) is 0 Å². The van der Waals surface area contributed by atoms with Gasteiger partial charge in [-0.3, -0.25) is 4.79 Å². The quantitative estimate of drug-likeness (QED) is 0.820. The fourth-order valence-corrected chi connectivity index (χ4v) is 1.82. The molecule has 1 rings (SSSR count). The van der Waals surface area contributed by atoms with Gasteiger partial charge in [0.2, 0.25) is 5.91 Å². The molecule has 1 atom stereocenters. The van der Waals surface area contributed by atoms with Gasteiger partial charge in [0, 0.05) is 13.1 Å². The summed E-state index contributed by atoms with van der Waals surface area (Å²) in [6.45, 7) is 5.37. The number of nitrogens with zero attached hydrogens (tertiary/aromatic N) is 1. The maximum absolute atomic E-state index is 12.1. The Morgan fingerprint density at radius 2 is 1.94 bits per heavy atom. The molecule has 94 valence electrons. The monoisotopic (exact) mass is 234 g/mol. The number of carbonyl (C=O) groups excluding carboxylic acids is 1. The molecule has 0 radical (unpaired) electrons. The second-order valence-corrected chi connectivity index (χ2v) is 4.23. The molecule has 0 aliphatic rings. The molecule has 0 bridgehead atoms. The van der Waals surface area contributed by atoms with Crippen molar-refractivity contribution in [3.05, 3.63) is 35.9 Å². The van der Waals surface area contributed by atoms with E-state index in [0.717, 1.165) is 18.4 Å². The highest BCUT2D eigenvalue weighted by molar-refractivity contribution is 5.81. The average molecular weight is 234 g/mol. The van der Waals surface area contributed by atoms with E-state index in [2.05, 4.69) is 0 Å². The molecular weight excluding hydrogens is 212 g/mol. The van der Waals surface area contributed by atoms with Crippen LogP contribution in [0, 0.1) is 0 Å². The zero-order valence-electron chi connectivity index (χ0n) is 10.7. The summed E-state index contributed by atoms with van der Waals surface area (Å²) in [6.07, 6.45) is 1.69. The van der Waals surface area contributed by atoms with Gasteiger partial charge in [0.25, 0.3) is 0 Å². The van der Waals surface area contributed by atoms with Crippen molar-refractivity contribution in [2.24, 2.45) is 5.73 Å². The van der Waals surface area contributed by atoms with Gasteiger partial charge in [-0.2, -0.15) is 0 Å². The third-order valence-electron chi connectivity index (χ3n) is 2.83. The van der Waals surface area contributed by atoms with Crippen molar-refractivity contribution in [2.75, 3.05) is 6.54 Å². The van der Waals surface area contributed by atoms with Crippen molar-refractivity contribution in [1.82, 2.24) is 4.90 Å². The van der Waals surface area contributed by atoms with Gasteiger partial charge >= 0.3 is 0 Å². The normalized spacial score (nSPS) is 12.2. The fourth-order valence-electron chi connectivity index (χ4n) is 1.82. The average Bonchev–Trinajstić information content (AvgIpc) is 2.36. The number of amides is 1. The van der Waals surface area contributed by atoms with Crippen LogP contribution in [-0.2, 0) is 11.3 Å². The van der Waals surface area contributed by atoms with E-state index in [1.165, 1.54) is 0 Å². The summed E-state index contributed by atoms with van der Waals surface area (Å²) < 4.78 is 0. The van der Waals surface area contributed by atoms with Gasteiger partial charge in [0.15, 0.2) is 0 Å². The van der Waals surface area contributed by atoms with Crippen LogP contribution in [0.25, 0.3) is 0 Å². The number of nitrogens with two attached hydrogens (primary N) is 1. The molecule has 3 heteroatoms. The number of benzene rings is 1. The predicted octanol–water partition coefficient (Wildman–Crippen LogP) is 2.16. The van der Waals surface area contributed by atoms with Crippen molar-refractivity contribution in [1.29, 1.82) is 0 Å². The maximum Gasteiger partial charge on any atom is 0.239 e. The standard InChI is InChI=1S/C14H22N2O/c1-3-8-13(15)14(17)16(4-2)11-12-9-6-5-7-10-12/h5-7,9-10,13H,3-4,8,11,15H2,1-2H3. The molecule has 0 fully saturated rings. The Morgan fingerprint density at radius 1 is 1.29 bits per heavy atom. The topological polar surface area (TPSA) is 46.3 Å². The lowest BCUT2D eigenvalue weighted by molar-refractivity contribution is -0.133. The Morgan fingerprint density at radius 3 is 2.47 bits per heavy atom. The molecule has 0 heterocycles. The van der Waals surface area contributed by atoms with Crippen molar-refractivity contribution in [3.63, 3.8) is 0 Å². The first-order valence-electron chi connectivity index (χ1n) is 6.27. The summed E-state index contributed by atoms with van der Waals surface area (Å²) in [6, 6.07) is 9.65. The lowest BCUT2D eigenvalue weighted by Crippen LogP contribution is -2.43. The van der Waals surface area contributed by atoms with E-state index < -0.39 is 0 Å². The third-order valence-corrected chi connectivity index (χ3v) is 2.83. The first-order chi connectivity index (χ1) is 8.19. The zero-order valence-corrected chi connectivity index (χ0v) is 10.7. The van der Waals surface area contributed by atoms with Crippen LogP contribution in [0.3, 0.4) is 0 Å². The Kier molecular flexibility index (Phi) is 5.70. The zero-order chi connectivity index (χ0) is 12.7. The van der Waals surface area contributed by atoms with Crippen molar-refractivity contribution >= 4 is 5.91 Å². The maximum atomic E-state index is 12.1. The van der Waals surface area contributed by atoms with Gasteiger partial charge in [-0.1, -0.05) is 43.7 Å². The molecule has 0 aromatic heterocycles. The number of carbonyl (C=O) groups is 1. The van der Waals surface area contributed by atoms with Gasteiger partial charge < -0.3 is 10.6 Å².